The minimum Gasteiger partial charge on any atom is -0.352 e. The fourth-order valence-corrected chi connectivity index (χ4v) is 1.77. The summed E-state index contributed by atoms with van der Waals surface area (Å²) in [6.45, 7) is 0.981. The third kappa shape index (κ3) is 5.74. The molecular formula is C16H17N5O2. The van der Waals surface area contributed by atoms with Crippen molar-refractivity contribution in [3.8, 4) is 0 Å². The Morgan fingerprint density at radius 3 is 2.35 bits per heavy atom. The number of aromatic nitrogens is 2. The van der Waals surface area contributed by atoms with E-state index in [9.17, 15) is 9.59 Å². The van der Waals surface area contributed by atoms with Gasteiger partial charge in [-0.25, -0.2) is 0 Å². The molecule has 0 saturated heterocycles. The van der Waals surface area contributed by atoms with Gasteiger partial charge in [-0.1, -0.05) is 0 Å². The van der Waals surface area contributed by atoms with E-state index in [-0.39, 0.29) is 5.91 Å². The molecule has 118 valence electrons. The fraction of sp³-hybridized carbons (Fsp3) is 0.250. The van der Waals surface area contributed by atoms with Crippen LogP contribution in [0, 0.1) is 0 Å². The molecule has 7 heteroatoms. The van der Waals surface area contributed by atoms with E-state index in [1.54, 1.807) is 36.7 Å². The number of nitrogens with one attached hydrogen (secondary N) is 1. The van der Waals surface area contributed by atoms with Crippen molar-refractivity contribution in [2.24, 2.45) is 10.2 Å². The van der Waals surface area contributed by atoms with Crippen molar-refractivity contribution >= 4 is 11.8 Å². The Balaban J connectivity index is 1.60. The quantitative estimate of drug-likeness (QED) is 0.626. The number of pyridine rings is 2. The predicted molar refractivity (Wildman–Crippen MR) is 84.1 cm³/mol. The lowest BCUT2D eigenvalue weighted by Gasteiger charge is -2.03. The van der Waals surface area contributed by atoms with Gasteiger partial charge in [-0.2, -0.15) is 5.11 Å². The van der Waals surface area contributed by atoms with Crippen molar-refractivity contribution in [3.05, 3.63) is 60.2 Å². The number of carbonyl (C=O) groups is 2. The topological polar surface area (TPSA) is 96.7 Å². The van der Waals surface area contributed by atoms with E-state index in [1.165, 1.54) is 12.4 Å². The molecule has 0 aliphatic heterocycles. The summed E-state index contributed by atoms with van der Waals surface area (Å²) in [6, 6.07) is 6.74. The number of carbonyl (C=O) groups excluding carboxylic acids is 2. The summed E-state index contributed by atoms with van der Waals surface area (Å²) in [5, 5.41) is 10.3. The summed E-state index contributed by atoms with van der Waals surface area (Å²) >= 11 is 0. The Morgan fingerprint density at radius 1 is 1.00 bits per heavy atom. The van der Waals surface area contributed by atoms with Gasteiger partial charge < -0.3 is 5.32 Å². The summed E-state index contributed by atoms with van der Waals surface area (Å²) < 4.78 is 0. The van der Waals surface area contributed by atoms with Gasteiger partial charge >= 0.3 is 0 Å². The molecule has 0 aliphatic carbocycles. The van der Waals surface area contributed by atoms with Gasteiger partial charge in [0.15, 0.2) is 0 Å². The van der Waals surface area contributed by atoms with Crippen molar-refractivity contribution in [2.75, 3.05) is 13.1 Å². The second kappa shape index (κ2) is 9.14. The van der Waals surface area contributed by atoms with Crippen LogP contribution in [0.25, 0.3) is 0 Å². The predicted octanol–water partition coefficient (Wildman–Crippen LogP) is 2.28. The molecular weight excluding hydrogens is 294 g/mol. The van der Waals surface area contributed by atoms with Crippen molar-refractivity contribution < 1.29 is 9.59 Å². The Bertz CT molecular complexity index is 659. The lowest BCUT2D eigenvalue weighted by molar-refractivity contribution is 0.0951. The van der Waals surface area contributed by atoms with Gasteiger partial charge in [0.25, 0.3) is 11.8 Å². The Kier molecular flexibility index (Phi) is 6.52. The molecule has 0 spiro atoms. The Hall–Kier alpha value is -2.96. The lowest BCUT2D eigenvalue weighted by Crippen LogP contribution is -2.24. The highest BCUT2D eigenvalue weighted by Crippen LogP contribution is 2.00. The van der Waals surface area contributed by atoms with Crippen LogP contribution < -0.4 is 5.32 Å². The largest absolute Gasteiger partial charge is 0.352 e. The Labute approximate surface area is 133 Å². The van der Waals surface area contributed by atoms with Gasteiger partial charge in [0.2, 0.25) is 0 Å². The second-order valence-corrected chi connectivity index (χ2v) is 4.72. The van der Waals surface area contributed by atoms with Crippen LogP contribution >= 0.6 is 0 Å². The van der Waals surface area contributed by atoms with E-state index < -0.39 is 5.91 Å². The van der Waals surface area contributed by atoms with E-state index in [4.69, 9.17) is 0 Å². The molecule has 0 aliphatic rings. The highest BCUT2D eigenvalue weighted by Gasteiger charge is 2.04. The summed E-state index contributed by atoms with van der Waals surface area (Å²) in [5.74, 6) is -0.547. The lowest BCUT2D eigenvalue weighted by atomic mass is 10.2. The number of nitrogens with zero attached hydrogens (tertiary/aromatic N) is 4. The van der Waals surface area contributed by atoms with Crippen LogP contribution in [0.2, 0.25) is 0 Å². The first-order valence-electron chi connectivity index (χ1n) is 7.27. The number of azo groups is 1. The first-order chi connectivity index (χ1) is 11.3. The molecule has 1 N–H and O–H groups in total. The van der Waals surface area contributed by atoms with Crippen LogP contribution in [0.5, 0.6) is 0 Å². The van der Waals surface area contributed by atoms with E-state index in [2.05, 4.69) is 25.5 Å². The third-order valence-electron chi connectivity index (χ3n) is 2.96. The third-order valence-corrected chi connectivity index (χ3v) is 2.96. The molecule has 7 nitrogen and oxygen atoms in total. The monoisotopic (exact) mass is 311 g/mol. The molecule has 23 heavy (non-hydrogen) atoms. The van der Waals surface area contributed by atoms with E-state index >= 15 is 0 Å². The van der Waals surface area contributed by atoms with E-state index in [1.807, 2.05) is 0 Å². The summed E-state index contributed by atoms with van der Waals surface area (Å²) in [4.78, 5) is 31.1. The highest BCUT2D eigenvalue weighted by molar-refractivity contribution is 5.94. The number of hydrogen-bond donors (Lipinski definition) is 1. The van der Waals surface area contributed by atoms with Gasteiger partial charge in [0, 0.05) is 31.3 Å². The van der Waals surface area contributed by atoms with Gasteiger partial charge in [0.1, 0.15) is 0 Å². The molecule has 0 aromatic carbocycles. The summed E-state index contributed by atoms with van der Waals surface area (Å²) in [7, 11) is 0. The van der Waals surface area contributed by atoms with Crippen LogP contribution in [0.15, 0.2) is 59.3 Å². The van der Waals surface area contributed by atoms with Crippen molar-refractivity contribution in [1.82, 2.24) is 15.3 Å². The molecule has 0 unspecified atom stereocenters. The van der Waals surface area contributed by atoms with Crippen LogP contribution in [-0.2, 0) is 0 Å². The first-order valence-corrected chi connectivity index (χ1v) is 7.27. The van der Waals surface area contributed by atoms with Gasteiger partial charge in [-0.3, -0.25) is 19.6 Å². The molecule has 0 atom stereocenters. The molecule has 0 fully saturated rings. The minimum absolute atomic E-state index is 0.147. The van der Waals surface area contributed by atoms with Crippen LogP contribution in [0.4, 0.5) is 0 Å². The molecule has 0 saturated carbocycles. The van der Waals surface area contributed by atoms with Crippen LogP contribution in [0.3, 0.4) is 0 Å². The molecule has 2 amide bonds. The zero-order chi connectivity index (χ0) is 16.3. The number of unbranched alkanes of at least 4 members (excludes halogenated alkanes) is 1. The molecule has 2 heterocycles. The fourth-order valence-electron chi connectivity index (χ4n) is 1.77. The average Bonchev–Trinajstić information content (AvgIpc) is 2.62. The molecule has 0 radical (unpaired) electrons. The van der Waals surface area contributed by atoms with Gasteiger partial charge in [-0.05, 0) is 37.1 Å². The molecule has 2 aromatic rings. The Morgan fingerprint density at radius 2 is 1.70 bits per heavy atom. The summed E-state index contributed by atoms with van der Waals surface area (Å²) in [6.07, 6.45) is 7.68. The van der Waals surface area contributed by atoms with Gasteiger partial charge in [0.05, 0.1) is 17.7 Å². The van der Waals surface area contributed by atoms with E-state index in [0.717, 1.165) is 12.8 Å². The normalized spacial score (nSPS) is 10.6. The SMILES string of the molecule is O=C(N=NCCCCNC(=O)c1cccnc1)c1cccnc1. The maximum Gasteiger partial charge on any atom is 0.296 e. The first kappa shape index (κ1) is 16.4. The maximum absolute atomic E-state index is 11.7. The zero-order valence-electron chi connectivity index (χ0n) is 12.6. The van der Waals surface area contributed by atoms with Crippen LogP contribution in [-0.4, -0.2) is 34.9 Å². The summed E-state index contributed by atoms with van der Waals surface area (Å²) in [5.41, 5.74) is 0.953. The molecule has 2 aromatic heterocycles. The number of amides is 2. The van der Waals surface area contributed by atoms with Crippen molar-refractivity contribution in [2.45, 2.75) is 12.8 Å². The van der Waals surface area contributed by atoms with Crippen molar-refractivity contribution in [1.29, 1.82) is 0 Å². The second-order valence-electron chi connectivity index (χ2n) is 4.72. The van der Waals surface area contributed by atoms with E-state index in [0.29, 0.717) is 24.2 Å². The average molecular weight is 311 g/mol. The standard InChI is InChI=1S/C16H17N5O2/c22-15(13-5-3-7-17-11-13)19-9-1-2-10-20-21-16(23)14-6-4-8-18-12-14/h3-8,11-12H,1-2,9-10H2,(H,19,22). The molecule has 0 bridgehead atoms. The minimum atomic E-state index is -0.400. The number of hydrogen-bond acceptors (Lipinski definition) is 5. The smallest absolute Gasteiger partial charge is 0.296 e. The molecule has 2 rings (SSSR count). The van der Waals surface area contributed by atoms with Crippen molar-refractivity contribution in [3.63, 3.8) is 0 Å². The van der Waals surface area contributed by atoms with Crippen LogP contribution in [0.1, 0.15) is 33.6 Å². The highest BCUT2D eigenvalue weighted by atomic mass is 16.2. The zero-order valence-corrected chi connectivity index (χ0v) is 12.6. The number of rotatable bonds is 7. The van der Waals surface area contributed by atoms with Gasteiger partial charge in [-0.15, -0.1) is 5.11 Å². The maximum atomic E-state index is 11.7.